The Morgan fingerprint density at radius 2 is 1.88 bits per heavy atom. The highest BCUT2D eigenvalue weighted by molar-refractivity contribution is 5.68. The zero-order valence-corrected chi connectivity index (χ0v) is 15.1. The molecule has 2 aliphatic rings. The van der Waals surface area contributed by atoms with Crippen LogP contribution in [0.3, 0.4) is 0 Å². The lowest BCUT2D eigenvalue weighted by Gasteiger charge is -2.28. The minimum Gasteiger partial charge on any atom is -0.373 e. The van der Waals surface area contributed by atoms with E-state index in [2.05, 4.69) is 30.9 Å². The monoisotopic (exact) mass is 350 g/mol. The average Bonchev–Trinajstić information content (AvgIpc) is 3.39. The molecule has 0 amide bonds. The Hall–Kier alpha value is -2.41. The molecule has 0 radical (unpaired) electrons. The van der Waals surface area contributed by atoms with Crippen LogP contribution in [-0.4, -0.2) is 36.3 Å². The highest BCUT2D eigenvalue weighted by Crippen LogP contribution is 2.38. The van der Waals surface area contributed by atoms with E-state index in [1.807, 2.05) is 20.0 Å². The normalized spacial score (nSPS) is 23.5. The van der Waals surface area contributed by atoms with E-state index in [9.17, 15) is 0 Å². The molecule has 0 unspecified atom stereocenters. The van der Waals surface area contributed by atoms with Gasteiger partial charge in [0.2, 0.25) is 0 Å². The summed E-state index contributed by atoms with van der Waals surface area (Å²) in [5, 5.41) is 4.50. The number of aryl methyl sites for hydroxylation is 2. The fourth-order valence-electron chi connectivity index (χ4n) is 3.56. The molecule has 0 aromatic carbocycles. The maximum Gasteiger partial charge on any atom is 0.181 e. The van der Waals surface area contributed by atoms with E-state index in [1.165, 1.54) is 12.8 Å². The Morgan fingerprint density at radius 1 is 1.04 bits per heavy atom. The van der Waals surface area contributed by atoms with Crippen molar-refractivity contribution in [3.05, 3.63) is 41.4 Å². The number of hydrogen-bond donors (Lipinski definition) is 0. The van der Waals surface area contributed by atoms with E-state index in [0.29, 0.717) is 18.3 Å². The van der Waals surface area contributed by atoms with E-state index in [1.54, 1.807) is 6.20 Å². The molecule has 2 fully saturated rings. The third-order valence-electron chi connectivity index (χ3n) is 5.42. The van der Waals surface area contributed by atoms with Crippen LogP contribution < -0.4 is 0 Å². The third-order valence-corrected chi connectivity index (χ3v) is 5.42. The van der Waals surface area contributed by atoms with Crippen LogP contribution >= 0.6 is 0 Å². The lowest BCUT2D eigenvalue weighted by Crippen LogP contribution is -2.20. The van der Waals surface area contributed by atoms with Crippen LogP contribution in [0.2, 0.25) is 0 Å². The van der Waals surface area contributed by atoms with Crippen molar-refractivity contribution in [2.24, 2.45) is 0 Å². The Kier molecular flexibility index (Phi) is 3.70. The molecule has 1 aliphatic heterocycles. The second-order valence-electron chi connectivity index (χ2n) is 7.40. The molecule has 0 bridgehead atoms. The quantitative estimate of drug-likeness (QED) is 0.722. The van der Waals surface area contributed by atoms with Gasteiger partial charge in [-0.2, -0.15) is 5.10 Å². The molecule has 7 heteroatoms. The van der Waals surface area contributed by atoms with Gasteiger partial charge in [0, 0.05) is 24.3 Å². The van der Waals surface area contributed by atoms with Crippen LogP contribution in [0.25, 0.3) is 11.2 Å². The number of ether oxygens (including phenoxy) is 1. The molecule has 3 aromatic heterocycles. The Balaban J connectivity index is 1.40. The molecule has 134 valence electrons. The van der Waals surface area contributed by atoms with Crippen molar-refractivity contribution in [1.29, 1.82) is 0 Å². The van der Waals surface area contributed by atoms with Crippen molar-refractivity contribution in [1.82, 2.24) is 29.7 Å². The van der Waals surface area contributed by atoms with Gasteiger partial charge >= 0.3 is 0 Å². The van der Waals surface area contributed by atoms with Crippen molar-refractivity contribution in [2.45, 2.75) is 57.6 Å². The first-order valence-electron chi connectivity index (χ1n) is 9.31. The molecule has 1 aliphatic carbocycles. The number of rotatable bonds is 3. The molecule has 3 aromatic rings. The van der Waals surface area contributed by atoms with E-state index >= 15 is 0 Å². The van der Waals surface area contributed by atoms with Gasteiger partial charge in [0.15, 0.2) is 5.65 Å². The number of nitrogens with zero attached hydrogens (tertiary/aromatic N) is 6. The van der Waals surface area contributed by atoms with Gasteiger partial charge in [0.05, 0.1) is 35.9 Å². The molecule has 4 heterocycles. The highest BCUT2D eigenvalue weighted by Gasteiger charge is 2.30. The molecular weight excluding hydrogens is 328 g/mol. The average molecular weight is 350 g/mol. The molecule has 0 N–H and O–H groups in total. The number of hydrogen-bond acceptors (Lipinski definition) is 6. The zero-order chi connectivity index (χ0) is 17.7. The molecular formula is C19H22N6O. The van der Waals surface area contributed by atoms with Crippen molar-refractivity contribution < 1.29 is 4.74 Å². The summed E-state index contributed by atoms with van der Waals surface area (Å²) in [7, 11) is 0. The minimum atomic E-state index is 0.0615. The summed E-state index contributed by atoms with van der Waals surface area (Å²) in [5.41, 5.74) is 4.44. The second kappa shape index (κ2) is 6.09. The Morgan fingerprint density at radius 3 is 2.73 bits per heavy atom. The minimum absolute atomic E-state index is 0.0615. The summed E-state index contributed by atoms with van der Waals surface area (Å²) in [6, 6.07) is 0.595. The fourth-order valence-corrected chi connectivity index (χ4v) is 3.56. The van der Waals surface area contributed by atoms with Gasteiger partial charge in [0.1, 0.15) is 11.3 Å². The molecule has 1 saturated carbocycles. The van der Waals surface area contributed by atoms with Crippen LogP contribution in [0.1, 0.15) is 66.5 Å². The lowest BCUT2D eigenvalue weighted by molar-refractivity contribution is 0.00395. The topological polar surface area (TPSA) is 78.6 Å². The molecule has 1 saturated heterocycles. The summed E-state index contributed by atoms with van der Waals surface area (Å²) in [4.78, 5) is 18.4. The summed E-state index contributed by atoms with van der Waals surface area (Å²) in [6.07, 6.45) is 10.2. The van der Waals surface area contributed by atoms with Gasteiger partial charge in [-0.1, -0.05) is 0 Å². The summed E-state index contributed by atoms with van der Waals surface area (Å²) in [5.74, 6) is 1.11. The van der Waals surface area contributed by atoms with Gasteiger partial charge in [-0.05, 0) is 39.5 Å². The maximum absolute atomic E-state index is 6.01. The molecule has 26 heavy (non-hydrogen) atoms. The van der Waals surface area contributed by atoms with Gasteiger partial charge in [0.25, 0.3) is 0 Å². The van der Waals surface area contributed by atoms with Gasteiger partial charge in [-0.3, -0.25) is 4.68 Å². The van der Waals surface area contributed by atoms with Crippen molar-refractivity contribution >= 4 is 11.2 Å². The van der Waals surface area contributed by atoms with Crippen molar-refractivity contribution in [3.8, 4) is 0 Å². The standard InChI is InChI=1S/C19H22N6O/c1-11-12(2)23-19-16(22-11)9-20-18(24-19)13-5-6-26-17(7-13)14-8-21-25(10-14)15-3-4-15/h8-10,13,15,17H,3-7H2,1-2H3/t13-,17+/m0/s1. The first kappa shape index (κ1) is 15.8. The Bertz CT molecular complexity index is 964. The SMILES string of the molecule is Cc1nc2cnc([C@H]3CCO[C@@H](c4cnn(C5CC5)c4)C3)nc2nc1C. The van der Waals surface area contributed by atoms with Gasteiger partial charge in [-0.25, -0.2) is 19.9 Å². The summed E-state index contributed by atoms with van der Waals surface area (Å²) in [6.45, 7) is 4.63. The van der Waals surface area contributed by atoms with Crippen LogP contribution in [0.5, 0.6) is 0 Å². The van der Waals surface area contributed by atoms with E-state index in [-0.39, 0.29) is 12.0 Å². The fraction of sp³-hybridized carbons (Fsp3) is 0.526. The predicted octanol–water partition coefficient (Wildman–Crippen LogP) is 3.20. The van der Waals surface area contributed by atoms with Crippen molar-refractivity contribution in [3.63, 3.8) is 0 Å². The molecule has 2 atom stereocenters. The molecule has 0 spiro atoms. The van der Waals surface area contributed by atoms with Crippen LogP contribution in [-0.2, 0) is 4.74 Å². The number of aromatic nitrogens is 6. The summed E-state index contributed by atoms with van der Waals surface area (Å²) < 4.78 is 8.09. The molecule has 7 nitrogen and oxygen atoms in total. The Labute approximate surface area is 151 Å². The smallest absolute Gasteiger partial charge is 0.181 e. The van der Waals surface area contributed by atoms with Gasteiger partial charge in [-0.15, -0.1) is 0 Å². The zero-order valence-electron chi connectivity index (χ0n) is 15.1. The van der Waals surface area contributed by atoms with Crippen LogP contribution in [0.4, 0.5) is 0 Å². The lowest BCUT2D eigenvalue weighted by atomic mass is 9.92. The maximum atomic E-state index is 6.01. The van der Waals surface area contributed by atoms with E-state index < -0.39 is 0 Å². The van der Waals surface area contributed by atoms with E-state index in [0.717, 1.165) is 41.1 Å². The van der Waals surface area contributed by atoms with Gasteiger partial charge < -0.3 is 4.74 Å². The first-order valence-corrected chi connectivity index (χ1v) is 9.31. The second-order valence-corrected chi connectivity index (χ2v) is 7.40. The van der Waals surface area contributed by atoms with E-state index in [4.69, 9.17) is 9.72 Å². The largest absolute Gasteiger partial charge is 0.373 e. The van der Waals surface area contributed by atoms with Crippen molar-refractivity contribution in [2.75, 3.05) is 6.61 Å². The third kappa shape index (κ3) is 2.86. The van der Waals surface area contributed by atoms with Crippen LogP contribution in [0, 0.1) is 13.8 Å². The first-order chi connectivity index (χ1) is 12.7. The number of fused-ring (bicyclic) bond motifs is 1. The van der Waals surface area contributed by atoms with Crippen LogP contribution in [0.15, 0.2) is 18.6 Å². The molecule has 5 rings (SSSR count). The highest BCUT2D eigenvalue weighted by atomic mass is 16.5. The predicted molar refractivity (Wildman–Crippen MR) is 95.8 cm³/mol. The summed E-state index contributed by atoms with van der Waals surface area (Å²) >= 11 is 0.